The van der Waals surface area contributed by atoms with Crippen molar-refractivity contribution in [3.8, 4) is 0 Å². The lowest BCUT2D eigenvalue weighted by Gasteiger charge is -2.25. The standard InChI is InChI=1S/C13H16O4/c1-9(2)11(14)13(16,12(15)17-3)10-7-5-4-6-8-10/h4-9,16H,1-3H3. The fourth-order valence-electron chi connectivity index (χ4n) is 1.61. The normalized spacial score (nSPS) is 14.2. The molecule has 1 unspecified atom stereocenters. The van der Waals surface area contributed by atoms with Crippen LogP contribution in [0.5, 0.6) is 0 Å². The van der Waals surface area contributed by atoms with Gasteiger partial charge < -0.3 is 9.84 Å². The summed E-state index contributed by atoms with van der Waals surface area (Å²) in [6, 6.07) is 8.09. The summed E-state index contributed by atoms with van der Waals surface area (Å²) in [5.74, 6) is -2.00. The minimum Gasteiger partial charge on any atom is -0.466 e. The van der Waals surface area contributed by atoms with E-state index in [9.17, 15) is 14.7 Å². The molecule has 0 aromatic heterocycles. The van der Waals surface area contributed by atoms with Crippen LogP contribution >= 0.6 is 0 Å². The first kappa shape index (κ1) is 13.4. The fraction of sp³-hybridized carbons (Fsp3) is 0.385. The topological polar surface area (TPSA) is 63.6 Å². The van der Waals surface area contributed by atoms with E-state index in [0.29, 0.717) is 0 Å². The van der Waals surface area contributed by atoms with Gasteiger partial charge in [0.2, 0.25) is 5.60 Å². The summed E-state index contributed by atoms with van der Waals surface area (Å²) >= 11 is 0. The highest BCUT2D eigenvalue weighted by atomic mass is 16.5. The van der Waals surface area contributed by atoms with Crippen LogP contribution in [0.3, 0.4) is 0 Å². The molecule has 1 rings (SSSR count). The number of ketones is 1. The monoisotopic (exact) mass is 236 g/mol. The Hall–Kier alpha value is -1.68. The maximum atomic E-state index is 12.0. The van der Waals surface area contributed by atoms with Crippen LogP contribution in [0, 0.1) is 5.92 Å². The van der Waals surface area contributed by atoms with Gasteiger partial charge in [0.15, 0.2) is 5.78 Å². The number of carbonyl (C=O) groups is 2. The van der Waals surface area contributed by atoms with Crippen molar-refractivity contribution in [1.82, 2.24) is 0 Å². The van der Waals surface area contributed by atoms with Crippen LogP contribution in [-0.2, 0) is 19.9 Å². The number of hydrogen-bond donors (Lipinski definition) is 1. The summed E-state index contributed by atoms with van der Waals surface area (Å²) in [7, 11) is 1.14. The zero-order valence-corrected chi connectivity index (χ0v) is 10.1. The molecule has 0 radical (unpaired) electrons. The zero-order valence-electron chi connectivity index (χ0n) is 10.1. The predicted molar refractivity (Wildman–Crippen MR) is 62.2 cm³/mol. The summed E-state index contributed by atoms with van der Waals surface area (Å²) < 4.78 is 4.53. The van der Waals surface area contributed by atoms with Crippen molar-refractivity contribution in [2.45, 2.75) is 19.4 Å². The third-order valence-corrected chi connectivity index (χ3v) is 2.55. The minimum atomic E-state index is -2.22. The Morgan fingerprint density at radius 1 is 1.24 bits per heavy atom. The average Bonchev–Trinajstić information content (AvgIpc) is 2.36. The third-order valence-electron chi connectivity index (χ3n) is 2.55. The first-order chi connectivity index (χ1) is 7.94. The molecule has 0 spiro atoms. The van der Waals surface area contributed by atoms with E-state index in [1.54, 1.807) is 32.0 Å². The van der Waals surface area contributed by atoms with Gasteiger partial charge in [-0.25, -0.2) is 4.79 Å². The number of benzene rings is 1. The summed E-state index contributed by atoms with van der Waals surface area (Å²) in [4.78, 5) is 23.7. The van der Waals surface area contributed by atoms with Gasteiger partial charge in [-0.3, -0.25) is 4.79 Å². The highest BCUT2D eigenvalue weighted by Gasteiger charge is 2.47. The van der Waals surface area contributed by atoms with Crippen molar-refractivity contribution in [3.63, 3.8) is 0 Å². The molecule has 1 aromatic carbocycles. The van der Waals surface area contributed by atoms with E-state index in [0.717, 1.165) is 7.11 Å². The Labute approximate surface area is 100 Å². The van der Waals surface area contributed by atoms with Gasteiger partial charge in [0.1, 0.15) is 0 Å². The number of rotatable bonds is 4. The number of carbonyl (C=O) groups excluding carboxylic acids is 2. The number of Topliss-reactive ketones (excluding diaryl/α,β-unsaturated/α-hetero) is 1. The van der Waals surface area contributed by atoms with Crippen molar-refractivity contribution >= 4 is 11.8 Å². The molecule has 1 atom stereocenters. The second-order valence-corrected chi connectivity index (χ2v) is 4.09. The van der Waals surface area contributed by atoms with E-state index in [2.05, 4.69) is 4.74 Å². The Bertz CT molecular complexity index is 411. The molecule has 4 heteroatoms. The van der Waals surface area contributed by atoms with Crippen LogP contribution in [0.25, 0.3) is 0 Å². The van der Waals surface area contributed by atoms with Gasteiger partial charge in [-0.2, -0.15) is 0 Å². The van der Waals surface area contributed by atoms with Gasteiger partial charge in [0.05, 0.1) is 7.11 Å². The number of esters is 1. The van der Waals surface area contributed by atoms with Crippen LogP contribution in [0.2, 0.25) is 0 Å². The van der Waals surface area contributed by atoms with Crippen LogP contribution in [0.4, 0.5) is 0 Å². The van der Waals surface area contributed by atoms with Gasteiger partial charge in [-0.1, -0.05) is 44.2 Å². The van der Waals surface area contributed by atoms with Crippen molar-refractivity contribution in [2.24, 2.45) is 5.92 Å². The van der Waals surface area contributed by atoms with E-state index in [1.165, 1.54) is 12.1 Å². The Balaban J connectivity index is 3.30. The molecule has 0 heterocycles. The van der Waals surface area contributed by atoms with E-state index in [1.807, 2.05) is 0 Å². The first-order valence-corrected chi connectivity index (χ1v) is 5.35. The Kier molecular flexibility index (Phi) is 4.02. The molecule has 1 aromatic rings. The molecule has 0 saturated carbocycles. The molecular weight excluding hydrogens is 220 g/mol. The molecule has 0 aliphatic carbocycles. The van der Waals surface area contributed by atoms with E-state index in [-0.39, 0.29) is 5.56 Å². The molecular formula is C13H16O4. The molecule has 0 bridgehead atoms. The number of methoxy groups -OCH3 is 1. The summed E-state index contributed by atoms with van der Waals surface area (Å²) in [5.41, 5.74) is -1.99. The molecule has 4 nitrogen and oxygen atoms in total. The quantitative estimate of drug-likeness (QED) is 0.631. The summed E-state index contributed by atoms with van der Waals surface area (Å²) in [6.45, 7) is 3.25. The van der Waals surface area contributed by atoms with E-state index < -0.39 is 23.3 Å². The SMILES string of the molecule is COC(=O)C(O)(C(=O)C(C)C)c1ccccc1. The van der Waals surface area contributed by atoms with Crippen LogP contribution in [0.15, 0.2) is 30.3 Å². The maximum absolute atomic E-state index is 12.0. The van der Waals surface area contributed by atoms with Crippen LogP contribution < -0.4 is 0 Å². The van der Waals surface area contributed by atoms with Gasteiger partial charge in [0.25, 0.3) is 0 Å². The average molecular weight is 236 g/mol. The molecule has 1 N–H and O–H groups in total. The zero-order chi connectivity index (χ0) is 13.1. The molecule has 0 amide bonds. The highest BCUT2D eigenvalue weighted by molar-refractivity contribution is 6.08. The molecule has 17 heavy (non-hydrogen) atoms. The second kappa shape index (κ2) is 5.10. The largest absolute Gasteiger partial charge is 0.466 e. The second-order valence-electron chi connectivity index (χ2n) is 4.09. The van der Waals surface area contributed by atoms with Gasteiger partial charge in [0, 0.05) is 11.5 Å². The maximum Gasteiger partial charge on any atom is 0.350 e. The summed E-state index contributed by atoms with van der Waals surface area (Å²) in [6.07, 6.45) is 0. The number of aliphatic hydroxyl groups is 1. The predicted octanol–water partition coefficient (Wildman–Crippen LogP) is 1.27. The van der Waals surface area contributed by atoms with E-state index >= 15 is 0 Å². The molecule has 0 aliphatic rings. The minimum absolute atomic E-state index is 0.227. The molecule has 0 saturated heterocycles. The third kappa shape index (κ3) is 2.36. The van der Waals surface area contributed by atoms with Gasteiger partial charge in [-0.05, 0) is 0 Å². The van der Waals surface area contributed by atoms with Crippen molar-refractivity contribution in [3.05, 3.63) is 35.9 Å². The van der Waals surface area contributed by atoms with Gasteiger partial charge >= 0.3 is 5.97 Å². The molecule has 0 fully saturated rings. The fourth-order valence-corrected chi connectivity index (χ4v) is 1.61. The van der Waals surface area contributed by atoms with Crippen LogP contribution in [0.1, 0.15) is 19.4 Å². The molecule has 0 aliphatic heterocycles. The van der Waals surface area contributed by atoms with Crippen molar-refractivity contribution in [1.29, 1.82) is 0 Å². The lowest BCUT2D eigenvalue weighted by Crippen LogP contribution is -2.46. The number of hydrogen-bond acceptors (Lipinski definition) is 4. The smallest absolute Gasteiger partial charge is 0.350 e. The van der Waals surface area contributed by atoms with Crippen molar-refractivity contribution in [2.75, 3.05) is 7.11 Å². The number of ether oxygens (including phenoxy) is 1. The Morgan fingerprint density at radius 2 is 1.76 bits per heavy atom. The lowest BCUT2D eigenvalue weighted by molar-refractivity contribution is -0.171. The molecule has 92 valence electrons. The van der Waals surface area contributed by atoms with E-state index in [4.69, 9.17) is 0 Å². The van der Waals surface area contributed by atoms with Crippen molar-refractivity contribution < 1.29 is 19.4 Å². The highest BCUT2D eigenvalue weighted by Crippen LogP contribution is 2.26. The van der Waals surface area contributed by atoms with Crippen LogP contribution in [-0.4, -0.2) is 24.0 Å². The lowest BCUT2D eigenvalue weighted by atomic mass is 9.84. The van der Waals surface area contributed by atoms with Gasteiger partial charge in [-0.15, -0.1) is 0 Å². The summed E-state index contributed by atoms with van der Waals surface area (Å²) in [5, 5.41) is 10.4. The first-order valence-electron chi connectivity index (χ1n) is 5.35. The Morgan fingerprint density at radius 3 is 2.18 bits per heavy atom.